The highest BCUT2D eigenvalue weighted by molar-refractivity contribution is 7.99. The molecule has 0 aliphatic rings. The van der Waals surface area contributed by atoms with Crippen molar-refractivity contribution >= 4 is 33.3 Å². The maximum absolute atomic E-state index is 11.8. The molecule has 0 spiro atoms. The molecule has 0 radical (unpaired) electrons. The van der Waals surface area contributed by atoms with Gasteiger partial charge in [-0.15, -0.1) is 11.3 Å². The number of H-pyrrole nitrogens is 1. The number of aromatic amines is 1. The van der Waals surface area contributed by atoms with Crippen molar-refractivity contribution in [3.8, 4) is 0 Å². The highest BCUT2D eigenvalue weighted by Gasteiger charge is 2.07. The van der Waals surface area contributed by atoms with Crippen LogP contribution in [0.15, 0.2) is 16.0 Å². The van der Waals surface area contributed by atoms with E-state index in [9.17, 15) is 4.79 Å². The van der Waals surface area contributed by atoms with E-state index in [0.717, 1.165) is 20.6 Å². The highest BCUT2D eigenvalue weighted by atomic mass is 32.2. The summed E-state index contributed by atoms with van der Waals surface area (Å²) in [6.45, 7) is 4.21. The summed E-state index contributed by atoms with van der Waals surface area (Å²) in [7, 11) is 0. The minimum absolute atomic E-state index is 0.0135. The largest absolute Gasteiger partial charge is 0.301 e. The third-order valence-corrected chi connectivity index (χ3v) is 4.64. The Morgan fingerprint density at radius 3 is 3.00 bits per heavy atom. The zero-order valence-electron chi connectivity index (χ0n) is 10.8. The molecule has 2 rings (SSSR count). The smallest absolute Gasteiger partial charge is 0.260 e. The molecule has 2 aromatic heterocycles. The van der Waals surface area contributed by atoms with Gasteiger partial charge in [-0.1, -0.05) is 37.9 Å². The predicted octanol–water partition coefficient (Wildman–Crippen LogP) is 3.97. The Kier molecular flexibility index (Phi) is 4.83. The molecule has 0 saturated heterocycles. The summed E-state index contributed by atoms with van der Waals surface area (Å²) < 4.78 is 0. The lowest BCUT2D eigenvalue weighted by atomic mass is 10.2. The number of hydrogen-bond donors (Lipinski definition) is 1. The highest BCUT2D eigenvalue weighted by Crippen LogP contribution is 2.22. The van der Waals surface area contributed by atoms with Crippen LogP contribution in [0.5, 0.6) is 0 Å². The van der Waals surface area contributed by atoms with Gasteiger partial charge in [0.1, 0.15) is 4.83 Å². The SMILES string of the molecule is CCCCCCSc1nc2sc(C)cc2c(=O)[nH]1. The first-order valence-corrected chi connectivity index (χ1v) is 8.14. The van der Waals surface area contributed by atoms with Gasteiger partial charge in [0, 0.05) is 10.6 Å². The van der Waals surface area contributed by atoms with E-state index in [-0.39, 0.29) is 5.56 Å². The fraction of sp³-hybridized carbons (Fsp3) is 0.538. The molecule has 0 unspecified atom stereocenters. The Morgan fingerprint density at radius 2 is 2.22 bits per heavy atom. The Hall–Kier alpha value is -0.810. The number of aromatic nitrogens is 2. The zero-order chi connectivity index (χ0) is 13.0. The van der Waals surface area contributed by atoms with Gasteiger partial charge in [-0.3, -0.25) is 4.79 Å². The van der Waals surface area contributed by atoms with Crippen molar-refractivity contribution < 1.29 is 0 Å². The fourth-order valence-electron chi connectivity index (χ4n) is 1.80. The van der Waals surface area contributed by atoms with Crippen molar-refractivity contribution in [2.45, 2.75) is 44.7 Å². The molecule has 0 amide bonds. The molecular formula is C13H18N2OS2. The summed E-state index contributed by atoms with van der Waals surface area (Å²) in [6, 6.07) is 1.90. The molecule has 2 heterocycles. The zero-order valence-corrected chi connectivity index (χ0v) is 12.4. The molecule has 5 heteroatoms. The minimum atomic E-state index is -0.0135. The number of rotatable bonds is 6. The van der Waals surface area contributed by atoms with Crippen molar-refractivity contribution in [1.29, 1.82) is 0 Å². The summed E-state index contributed by atoms with van der Waals surface area (Å²) in [5.41, 5.74) is -0.0135. The van der Waals surface area contributed by atoms with E-state index in [0.29, 0.717) is 5.39 Å². The summed E-state index contributed by atoms with van der Waals surface area (Å²) in [4.78, 5) is 21.2. The molecule has 3 nitrogen and oxygen atoms in total. The van der Waals surface area contributed by atoms with Gasteiger partial charge >= 0.3 is 0 Å². The van der Waals surface area contributed by atoms with Gasteiger partial charge < -0.3 is 4.98 Å². The molecule has 0 fully saturated rings. The van der Waals surface area contributed by atoms with Crippen LogP contribution in [0, 0.1) is 6.92 Å². The molecule has 0 atom stereocenters. The van der Waals surface area contributed by atoms with Crippen molar-refractivity contribution in [2.24, 2.45) is 0 Å². The number of thioether (sulfide) groups is 1. The van der Waals surface area contributed by atoms with E-state index in [1.54, 1.807) is 23.1 Å². The van der Waals surface area contributed by atoms with E-state index in [4.69, 9.17) is 0 Å². The summed E-state index contributed by atoms with van der Waals surface area (Å²) in [6.07, 6.45) is 4.98. The van der Waals surface area contributed by atoms with Crippen LogP contribution in [-0.2, 0) is 0 Å². The Bertz CT molecular complexity index is 574. The maximum Gasteiger partial charge on any atom is 0.260 e. The number of nitrogens with one attached hydrogen (secondary N) is 1. The molecule has 1 N–H and O–H groups in total. The third-order valence-electron chi connectivity index (χ3n) is 2.74. The first kappa shape index (κ1) is 13.6. The first-order valence-electron chi connectivity index (χ1n) is 6.34. The monoisotopic (exact) mass is 282 g/mol. The number of fused-ring (bicyclic) bond motifs is 1. The second kappa shape index (κ2) is 6.38. The van der Waals surface area contributed by atoms with Crippen LogP contribution in [0.2, 0.25) is 0 Å². The molecule has 2 aromatic rings. The van der Waals surface area contributed by atoms with Crippen molar-refractivity contribution in [3.63, 3.8) is 0 Å². The van der Waals surface area contributed by atoms with Gasteiger partial charge in [0.25, 0.3) is 5.56 Å². The van der Waals surface area contributed by atoms with Gasteiger partial charge in [0.05, 0.1) is 5.39 Å². The maximum atomic E-state index is 11.8. The lowest BCUT2D eigenvalue weighted by molar-refractivity contribution is 0.706. The van der Waals surface area contributed by atoms with Gasteiger partial charge in [-0.05, 0) is 19.4 Å². The molecule has 0 bridgehead atoms. The Morgan fingerprint density at radius 1 is 1.39 bits per heavy atom. The quantitative estimate of drug-likeness (QED) is 0.495. The Balaban J connectivity index is 2.03. The standard InChI is InChI=1S/C13H18N2OS2/c1-3-4-5-6-7-17-13-14-11(16)10-8-9(2)18-12(10)15-13/h8H,3-7H2,1-2H3,(H,14,15,16). The number of hydrogen-bond acceptors (Lipinski definition) is 4. The van der Waals surface area contributed by atoms with Gasteiger partial charge in [-0.2, -0.15) is 0 Å². The fourth-order valence-corrected chi connectivity index (χ4v) is 3.60. The van der Waals surface area contributed by atoms with E-state index >= 15 is 0 Å². The van der Waals surface area contributed by atoms with Gasteiger partial charge in [-0.25, -0.2) is 4.98 Å². The molecule has 0 aliphatic carbocycles. The molecular weight excluding hydrogens is 264 g/mol. The van der Waals surface area contributed by atoms with Crippen molar-refractivity contribution in [3.05, 3.63) is 21.3 Å². The van der Waals surface area contributed by atoms with E-state index < -0.39 is 0 Å². The second-order valence-corrected chi connectivity index (χ2v) is 6.67. The summed E-state index contributed by atoms with van der Waals surface area (Å²) in [5.74, 6) is 1.03. The minimum Gasteiger partial charge on any atom is -0.301 e. The van der Waals surface area contributed by atoms with Gasteiger partial charge in [0.15, 0.2) is 5.16 Å². The van der Waals surface area contributed by atoms with E-state index in [1.165, 1.54) is 25.7 Å². The van der Waals surface area contributed by atoms with Crippen LogP contribution < -0.4 is 5.56 Å². The summed E-state index contributed by atoms with van der Waals surface area (Å²) >= 11 is 3.23. The average Bonchev–Trinajstić information content (AvgIpc) is 2.70. The van der Waals surface area contributed by atoms with Crippen LogP contribution in [-0.4, -0.2) is 15.7 Å². The van der Waals surface area contributed by atoms with E-state index in [1.807, 2.05) is 13.0 Å². The van der Waals surface area contributed by atoms with Gasteiger partial charge in [0.2, 0.25) is 0 Å². The number of thiophene rings is 1. The molecule has 0 saturated carbocycles. The lowest BCUT2D eigenvalue weighted by Gasteiger charge is -2.00. The van der Waals surface area contributed by atoms with Crippen LogP contribution in [0.4, 0.5) is 0 Å². The van der Waals surface area contributed by atoms with Crippen molar-refractivity contribution in [2.75, 3.05) is 5.75 Å². The van der Waals surface area contributed by atoms with Crippen LogP contribution in [0.1, 0.15) is 37.5 Å². The Labute approximate surface area is 115 Å². The topological polar surface area (TPSA) is 45.8 Å². The second-order valence-electron chi connectivity index (χ2n) is 4.36. The van der Waals surface area contributed by atoms with Crippen LogP contribution in [0.25, 0.3) is 10.2 Å². The molecule has 0 aromatic carbocycles. The number of unbranched alkanes of at least 4 members (excludes halogenated alkanes) is 3. The van der Waals surface area contributed by atoms with Crippen LogP contribution in [0.3, 0.4) is 0 Å². The first-order chi connectivity index (χ1) is 8.70. The number of nitrogens with zero attached hydrogens (tertiary/aromatic N) is 1. The molecule has 18 heavy (non-hydrogen) atoms. The summed E-state index contributed by atoms with van der Waals surface area (Å²) in [5, 5.41) is 1.47. The molecule has 98 valence electrons. The molecule has 0 aliphatic heterocycles. The average molecular weight is 282 g/mol. The third kappa shape index (κ3) is 3.36. The lowest BCUT2D eigenvalue weighted by Crippen LogP contribution is -2.07. The van der Waals surface area contributed by atoms with E-state index in [2.05, 4.69) is 16.9 Å². The van der Waals surface area contributed by atoms with Crippen molar-refractivity contribution in [1.82, 2.24) is 9.97 Å². The number of aryl methyl sites for hydroxylation is 1. The van der Waals surface area contributed by atoms with Crippen LogP contribution >= 0.6 is 23.1 Å². The predicted molar refractivity (Wildman–Crippen MR) is 79.8 cm³/mol. The normalized spacial score (nSPS) is 11.2.